The molecule has 4 atom stereocenters. The summed E-state index contributed by atoms with van der Waals surface area (Å²) in [5.74, 6) is -2.04. The Kier molecular flexibility index (Phi) is 12.6. The largest absolute Gasteiger partial charge is 0.481 e. The minimum absolute atomic E-state index is 0.111. The third-order valence-electron chi connectivity index (χ3n) is 9.09. The first kappa shape index (κ1) is 34.9. The first-order valence-corrected chi connectivity index (χ1v) is 16.6. The van der Waals surface area contributed by atoms with Crippen LogP contribution in [0.4, 0.5) is 4.79 Å². The van der Waals surface area contributed by atoms with Crippen molar-refractivity contribution in [2.24, 2.45) is 11.8 Å². The van der Waals surface area contributed by atoms with Crippen molar-refractivity contribution < 1.29 is 29.0 Å². The van der Waals surface area contributed by atoms with Gasteiger partial charge in [0, 0.05) is 50.6 Å². The number of ether oxygens (including phenoxy) is 1. The minimum Gasteiger partial charge on any atom is -0.481 e. The van der Waals surface area contributed by atoms with Gasteiger partial charge in [-0.15, -0.1) is 0 Å². The molecule has 3 amide bonds. The number of carboxylic acid groups (broad SMARTS) is 1. The van der Waals surface area contributed by atoms with Crippen molar-refractivity contribution in [3.63, 3.8) is 0 Å². The number of piperidine rings is 1. The maximum absolute atomic E-state index is 14.0. The highest BCUT2D eigenvalue weighted by molar-refractivity contribution is 5.88. The lowest BCUT2D eigenvalue weighted by atomic mass is 9.78. The van der Waals surface area contributed by atoms with Gasteiger partial charge in [-0.3, -0.25) is 19.3 Å². The summed E-state index contributed by atoms with van der Waals surface area (Å²) in [5, 5.41) is 16.0. The van der Waals surface area contributed by atoms with Crippen LogP contribution in [0.15, 0.2) is 60.7 Å². The van der Waals surface area contributed by atoms with E-state index < -0.39 is 29.6 Å². The van der Waals surface area contributed by atoms with Gasteiger partial charge in [0.25, 0.3) is 0 Å². The van der Waals surface area contributed by atoms with Gasteiger partial charge in [-0.2, -0.15) is 0 Å². The number of amides is 3. The molecule has 2 fully saturated rings. The number of benzene rings is 2. The number of hydrogen-bond acceptors (Lipinski definition) is 6. The summed E-state index contributed by atoms with van der Waals surface area (Å²) in [5.41, 5.74) is 1.67. The zero-order valence-electron chi connectivity index (χ0n) is 27.5. The van der Waals surface area contributed by atoms with Gasteiger partial charge in [0.1, 0.15) is 12.6 Å². The van der Waals surface area contributed by atoms with Gasteiger partial charge in [-0.25, -0.2) is 4.79 Å². The lowest BCUT2D eigenvalue weighted by molar-refractivity contribution is -0.159. The van der Waals surface area contributed by atoms with E-state index in [2.05, 4.69) is 22.8 Å². The molecular formula is C36H50N4O6. The molecule has 0 aromatic heterocycles. The maximum Gasteiger partial charge on any atom is 0.407 e. The molecule has 0 aliphatic carbocycles. The summed E-state index contributed by atoms with van der Waals surface area (Å²) in [4.78, 5) is 55.2. The monoisotopic (exact) mass is 634 g/mol. The fourth-order valence-corrected chi connectivity index (χ4v) is 6.65. The van der Waals surface area contributed by atoms with Crippen molar-refractivity contribution >= 4 is 23.9 Å². The molecule has 0 bridgehead atoms. The van der Waals surface area contributed by atoms with Crippen LogP contribution in [-0.2, 0) is 25.7 Å². The topological polar surface area (TPSA) is 128 Å². The number of likely N-dealkylation sites (tertiary alicyclic amines) is 2. The van der Waals surface area contributed by atoms with E-state index in [0.717, 1.165) is 31.2 Å². The van der Waals surface area contributed by atoms with Crippen LogP contribution in [0.1, 0.15) is 76.3 Å². The second-order valence-corrected chi connectivity index (χ2v) is 13.6. The highest BCUT2D eigenvalue weighted by Gasteiger charge is 2.49. The smallest absolute Gasteiger partial charge is 0.407 e. The highest BCUT2D eigenvalue weighted by atomic mass is 16.5. The van der Waals surface area contributed by atoms with E-state index in [0.29, 0.717) is 32.7 Å². The quantitative estimate of drug-likeness (QED) is 0.270. The molecule has 2 unspecified atom stereocenters. The number of alkyl carbamates (subject to hydrolysis) is 1. The molecule has 2 aromatic rings. The fourth-order valence-electron chi connectivity index (χ4n) is 6.65. The molecule has 0 saturated carbocycles. The number of hydrogen-bond donors (Lipinski definition) is 3. The van der Waals surface area contributed by atoms with E-state index in [4.69, 9.17) is 4.74 Å². The van der Waals surface area contributed by atoms with E-state index >= 15 is 0 Å². The Morgan fingerprint density at radius 2 is 1.54 bits per heavy atom. The Morgan fingerprint density at radius 1 is 0.891 bits per heavy atom. The van der Waals surface area contributed by atoms with Crippen LogP contribution in [0.5, 0.6) is 0 Å². The van der Waals surface area contributed by atoms with Crippen LogP contribution in [0.3, 0.4) is 0 Å². The zero-order valence-corrected chi connectivity index (χ0v) is 27.5. The summed E-state index contributed by atoms with van der Waals surface area (Å²) in [6, 6.07) is 18.9. The molecule has 0 radical (unpaired) electrons. The number of unbranched alkanes of at least 4 members (excludes halogenated alkanes) is 2. The average Bonchev–Trinajstić information content (AvgIpc) is 3.54. The van der Waals surface area contributed by atoms with Crippen LogP contribution < -0.4 is 10.6 Å². The predicted molar refractivity (Wildman–Crippen MR) is 176 cm³/mol. The van der Waals surface area contributed by atoms with Crippen LogP contribution >= 0.6 is 0 Å². The van der Waals surface area contributed by atoms with E-state index in [9.17, 15) is 24.3 Å². The molecule has 4 rings (SSSR count). The first-order valence-electron chi connectivity index (χ1n) is 16.6. The zero-order chi connectivity index (χ0) is 33.1. The summed E-state index contributed by atoms with van der Waals surface area (Å²) in [6.07, 6.45) is 3.26. The number of carbonyl (C=O) groups is 4. The summed E-state index contributed by atoms with van der Waals surface area (Å²) in [7, 11) is 0. The Hall–Kier alpha value is -3.92. The lowest BCUT2D eigenvalue weighted by Gasteiger charge is -2.49. The van der Waals surface area contributed by atoms with Crippen molar-refractivity contribution in [3.8, 4) is 0 Å². The maximum atomic E-state index is 14.0. The molecule has 250 valence electrons. The summed E-state index contributed by atoms with van der Waals surface area (Å²) >= 11 is 0. The Labute approximate surface area is 272 Å². The van der Waals surface area contributed by atoms with Crippen molar-refractivity contribution in [1.82, 2.24) is 20.4 Å². The SMILES string of the molecule is CC(C)(C)N1CC(CC(=O)NCCCCCNC(=O)OCc2ccccc2)C[C@H](C(=O)O)[C@H]1C(=O)N1CCC(c2ccccc2)C1. The molecule has 10 heteroatoms. The van der Waals surface area contributed by atoms with E-state index in [1.165, 1.54) is 5.56 Å². The summed E-state index contributed by atoms with van der Waals surface area (Å²) in [6.45, 7) is 8.92. The van der Waals surface area contributed by atoms with Gasteiger partial charge in [-0.1, -0.05) is 60.7 Å². The second kappa shape index (κ2) is 16.6. The third kappa shape index (κ3) is 10.0. The van der Waals surface area contributed by atoms with Crippen molar-refractivity contribution in [3.05, 3.63) is 71.8 Å². The molecule has 2 aliphatic rings. The van der Waals surface area contributed by atoms with Crippen LogP contribution in [0, 0.1) is 11.8 Å². The normalized spacial score (nSPS) is 21.8. The highest BCUT2D eigenvalue weighted by Crippen LogP contribution is 2.37. The Balaban J connectivity index is 1.21. The van der Waals surface area contributed by atoms with Gasteiger partial charge in [0.05, 0.1) is 5.92 Å². The molecule has 3 N–H and O–H groups in total. The molecule has 0 spiro atoms. The number of carbonyl (C=O) groups excluding carboxylic acids is 3. The number of nitrogens with zero attached hydrogens (tertiary/aromatic N) is 2. The van der Waals surface area contributed by atoms with Gasteiger partial charge in [-0.05, 0) is 69.9 Å². The number of nitrogens with one attached hydrogen (secondary N) is 2. The van der Waals surface area contributed by atoms with Gasteiger partial charge >= 0.3 is 12.1 Å². The predicted octanol–water partition coefficient (Wildman–Crippen LogP) is 4.80. The van der Waals surface area contributed by atoms with Gasteiger partial charge < -0.3 is 25.4 Å². The molecule has 2 heterocycles. The molecule has 2 aliphatic heterocycles. The van der Waals surface area contributed by atoms with Gasteiger partial charge in [0.2, 0.25) is 11.8 Å². The van der Waals surface area contributed by atoms with E-state index in [1.807, 2.05) is 79.1 Å². The van der Waals surface area contributed by atoms with Crippen molar-refractivity contribution in [2.45, 2.75) is 83.4 Å². The number of rotatable bonds is 13. The van der Waals surface area contributed by atoms with Gasteiger partial charge in [0.15, 0.2) is 0 Å². The first-order chi connectivity index (χ1) is 22.0. The molecule has 2 aromatic carbocycles. The Bertz CT molecular complexity index is 1300. The van der Waals surface area contributed by atoms with Crippen molar-refractivity contribution in [1.29, 1.82) is 0 Å². The fraction of sp³-hybridized carbons (Fsp3) is 0.556. The molecule has 10 nitrogen and oxygen atoms in total. The standard InChI is InChI=1S/C36H50N4O6/c1-36(2,3)40-23-27(22-31(41)37-18-11-6-12-19-38-35(45)46-25-26-13-7-4-8-14-26)21-30(34(43)44)32(40)33(42)39-20-17-29(24-39)28-15-9-5-10-16-28/h4-5,7-10,13-16,27,29-30,32H,6,11-12,17-25H2,1-3H3,(H,37,41)(H,38,45)(H,43,44)/t27?,29?,30-,32-/m0/s1. The Morgan fingerprint density at radius 3 is 2.20 bits per heavy atom. The van der Waals surface area contributed by atoms with Crippen LogP contribution in [-0.4, -0.2) is 83.1 Å². The molecular weight excluding hydrogens is 584 g/mol. The van der Waals surface area contributed by atoms with Crippen LogP contribution in [0.25, 0.3) is 0 Å². The molecule has 2 saturated heterocycles. The third-order valence-corrected chi connectivity index (χ3v) is 9.09. The van der Waals surface area contributed by atoms with Crippen LogP contribution in [0.2, 0.25) is 0 Å². The number of aliphatic carboxylic acids is 1. The van der Waals surface area contributed by atoms with Crippen molar-refractivity contribution in [2.75, 3.05) is 32.7 Å². The summed E-state index contributed by atoms with van der Waals surface area (Å²) < 4.78 is 5.21. The average molecular weight is 635 g/mol. The lowest BCUT2D eigenvalue weighted by Crippen LogP contribution is -2.63. The molecule has 46 heavy (non-hydrogen) atoms. The second-order valence-electron chi connectivity index (χ2n) is 13.6. The van der Waals surface area contributed by atoms with E-state index in [1.54, 1.807) is 0 Å². The minimum atomic E-state index is -0.992. The van der Waals surface area contributed by atoms with E-state index in [-0.39, 0.29) is 43.1 Å². The number of carboxylic acids is 1.